The van der Waals surface area contributed by atoms with Crippen LogP contribution >= 0.6 is 11.3 Å². The number of aryl methyl sites for hydroxylation is 1. The summed E-state index contributed by atoms with van der Waals surface area (Å²) in [4.78, 5) is 24.5. The van der Waals surface area contributed by atoms with Crippen LogP contribution in [0, 0.1) is 6.92 Å². The Labute approximate surface area is 160 Å². The van der Waals surface area contributed by atoms with Gasteiger partial charge in [0.15, 0.2) is 5.76 Å². The number of carbonyl (C=O) groups excluding carboxylic acids is 2. The molecule has 11 heteroatoms. The van der Waals surface area contributed by atoms with Gasteiger partial charge >= 0.3 is 0 Å². The number of sulfonamides is 1. The van der Waals surface area contributed by atoms with Gasteiger partial charge in [0, 0.05) is 18.0 Å². The third-order valence-corrected chi connectivity index (χ3v) is 7.29. The van der Waals surface area contributed by atoms with Crippen LogP contribution in [0.3, 0.4) is 0 Å². The molecule has 0 radical (unpaired) electrons. The number of hydrogen-bond acceptors (Lipinski definition) is 7. The number of amides is 2. The summed E-state index contributed by atoms with van der Waals surface area (Å²) < 4.78 is 37.0. The molecule has 146 valence electrons. The molecule has 2 N–H and O–H groups in total. The average Bonchev–Trinajstić information content (AvgIpc) is 3.31. The highest BCUT2D eigenvalue weighted by atomic mass is 32.2. The van der Waals surface area contributed by atoms with E-state index in [-0.39, 0.29) is 16.5 Å². The van der Waals surface area contributed by atoms with Crippen LogP contribution in [0.2, 0.25) is 0 Å². The highest BCUT2D eigenvalue weighted by Crippen LogP contribution is 2.32. The molecule has 1 fully saturated rings. The van der Waals surface area contributed by atoms with Crippen LogP contribution in [0.1, 0.15) is 15.4 Å². The lowest BCUT2D eigenvalue weighted by atomic mass is 10.4. The zero-order valence-corrected chi connectivity index (χ0v) is 16.2. The molecule has 27 heavy (non-hydrogen) atoms. The van der Waals surface area contributed by atoms with Gasteiger partial charge in [-0.05, 0) is 25.1 Å². The predicted octanol–water partition coefficient (Wildman–Crippen LogP) is 1.04. The lowest BCUT2D eigenvalue weighted by Crippen LogP contribution is -2.40. The first-order valence-corrected chi connectivity index (χ1v) is 10.4. The van der Waals surface area contributed by atoms with Crippen molar-refractivity contribution in [2.75, 3.05) is 38.2 Å². The monoisotopic (exact) mass is 413 g/mol. The topological polar surface area (TPSA) is 118 Å². The maximum absolute atomic E-state index is 12.7. The van der Waals surface area contributed by atoms with Crippen molar-refractivity contribution in [1.29, 1.82) is 0 Å². The predicted molar refractivity (Wildman–Crippen MR) is 98.3 cm³/mol. The molecule has 3 heterocycles. The van der Waals surface area contributed by atoms with Gasteiger partial charge in [-0.2, -0.15) is 4.31 Å². The molecule has 0 unspecified atom stereocenters. The molecule has 2 amide bonds. The summed E-state index contributed by atoms with van der Waals surface area (Å²) in [5, 5.41) is 5.06. The summed E-state index contributed by atoms with van der Waals surface area (Å²) >= 11 is 1.09. The van der Waals surface area contributed by atoms with E-state index in [4.69, 9.17) is 9.15 Å². The summed E-state index contributed by atoms with van der Waals surface area (Å²) in [5.74, 6) is -0.868. The first-order chi connectivity index (χ1) is 12.9. The van der Waals surface area contributed by atoms with E-state index >= 15 is 0 Å². The molecule has 0 aliphatic carbocycles. The second kappa shape index (κ2) is 8.21. The molecule has 0 spiro atoms. The van der Waals surface area contributed by atoms with Gasteiger partial charge in [-0.25, -0.2) is 8.42 Å². The van der Waals surface area contributed by atoms with E-state index in [1.54, 1.807) is 13.0 Å². The van der Waals surface area contributed by atoms with E-state index in [1.807, 2.05) is 0 Å². The minimum absolute atomic E-state index is 0.105. The van der Waals surface area contributed by atoms with Gasteiger partial charge in [0.2, 0.25) is 5.91 Å². The van der Waals surface area contributed by atoms with Gasteiger partial charge in [0.05, 0.1) is 31.7 Å². The second-order valence-electron chi connectivity index (χ2n) is 5.76. The third kappa shape index (κ3) is 4.56. The second-order valence-corrected chi connectivity index (χ2v) is 9.18. The van der Waals surface area contributed by atoms with Crippen LogP contribution in [0.5, 0.6) is 0 Å². The molecule has 0 saturated carbocycles. The first kappa shape index (κ1) is 19.5. The molecule has 1 saturated heterocycles. The Bertz CT molecular complexity index is 914. The van der Waals surface area contributed by atoms with E-state index in [1.165, 1.54) is 22.7 Å². The van der Waals surface area contributed by atoms with Crippen LogP contribution in [0.25, 0.3) is 0 Å². The normalized spacial score (nSPS) is 15.4. The van der Waals surface area contributed by atoms with Crippen molar-refractivity contribution < 1.29 is 27.2 Å². The minimum Gasteiger partial charge on any atom is -0.459 e. The van der Waals surface area contributed by atoms with Crippen LogP contribution < -0.4 is 10.6 Å². The van der Waals surface area contributed by atoms with E-state index in [2.05, 4.69) is 10.6 Å². The molecule has 9 nitrogen and oxygen atoms in total. The fourth-order valence-electron chi connectivity index (χ4n) is 2.47. The number of nitrogens with zero attached hydrogens (tertiary/aromatic N) is 1. The number of thiophene rings is 1. The largest absolute Gasteiger partial charge is 0.459 e. The molecule has 1 aliphatic heterocycles. The van der Waals surface area contributed by atoms with Crippen LogP contribution in [-0.4, -0.2) is 57.4 Å². The van der Waals surface area contributed by atoms with Gasteiger partial charge in [-0.1, -0.05) is 0 Å². The molecular formula is C16H19N3O6S2. The van der Waals surface area contributed by atoms with Crippen LogP contribution in [0.15, 0.2) is 33.1 Å². The summed E-state index contributed by atoms with van der Waals surface area (Å²) in [6, 6.07) is 4.50. The van der Waals surface area contributed by atoms with Gasteiger partial charge in [0.25, 0.3) is 15.9 Å². The first-order valence-electron chi connectivity index (χ1n) is 8.18. The Morgan fingerprint density at radius 2 is 2.04 bits per heavy atom. The Kier molecular flexibility index (Phi) is 5.95. The number of morpholine rings is 1. The van der Waals surface area contributed by atoms with E-state index < -0.39 is 21.8 Å². The Morgan fingerprint density at radius 3 is 2.70 bits per heavy atom. The van der Waals surface area contributed by atoms with Crippen molar-refractivity contribution in [2.24, 2.45) is 0 Å². The van der Waals surface area contributed by atoms with Gasteiger partial charge < -0.3 is 19.8 Å². The van der Waals surface area contributed by atoms with Crippen molar-refractivity contribution in [3.8, 4) is 0 Å². The Hall–Kier alpha value is -2.21. The zero-order valence-electron chi connectivity index (χ0n) is 14.6. The van der Waals surface area contributed by atoms with Gasteiger partial charge in [0.1, 0.15) is 4.21 Å². The molecule has 2 aromatic heterocycles. The highest BCUT2D eigenvalue weighted by molar-refractivity contribution is 7.91. The molecule has 0 bridgehead atoms. The minimum atomic E-state index is -3.62. The average molecular weight is 413 g/mol. The number of carbonyl (C=O) groups is 2. The fourth-order valence-corrected chi connectivity index (χ4v) is 5.43. The van der Waals surface area contributed by atoms with Crippen LogP contribution in [-0.2, 0) is 19.6 Å². The highest BCUT2D eigenvalue weighted by Gasteiger charge is 2.28. The lowest BCUT2D eigenvalue weighted by molar-refractivity contribution is -0.115. The Morgan fingerprint density at radius 1 is 1.30 bits per heavy atom. The quantitative estimate of drug-likeness (QED) is 0.731. The standard InChI is InChI=1S/C16H19N3O6S2/c1-11-12(18-14(20)10-17-16(21)13-3-2-6-25-13)9-15(26-11)27(22,23)19-4-7-24-8-5-19/h2-3,6,9H,4-5,7-8,10H2,1H3,(H,17,21)(H,18,20). The number of rotatable bonds is 6. The maximum atomic E-state index is 12.7. The van der Waals surface area contributed by atoms with Crippen molar-refractivity contribution in [1.82, 2.24) is 9.62 Å². The lowest BCUT2D eigenvalue weighted by Gasteiger charge is -2.25. The number of ether oxygens (including phenoxy) is 1. The SMILES string of the molecule is Cc1sc(S(=O)(=O)N2CCOCC2)cc1NC(=O)CNC(=O)c1ccco1. The Balaban J connectivity index is 1.62. The molecule has 1 aliphatic rings. The molecule has 0 atom stereocenters. The van der Waals surface area contributed by atoms with E-state index in [0.717, 1.165) is 11.3 Å². The maximum Gasteiger partial charge on any atom is 0.287 e. The van der Waals surface area contributed by atoms with Crippen molar-refractivity contribution >= 4 is 38.9 Å². The summed E-state index contributed by atoms with van der Waals surface area (Å²) in [5.41, 5.74) is 0.407. The van der Waals surface area contributed by atoms with E-state index in [0.29, 0.717) is 36.9 Å². The number of furan rings is 1. The van der Waals surface area contributed by atoms with Gasteiger partial charge in [-0.3, -0.25) is 9.59 Å². The summed E-state index contributed by atoms with van der Waals surface area (Å²) in [7, 11) is -3.62. The zero-order chi connectivity index (χ0) is 19.4. The molecule has 2 aromatic rings. The summed E-state index contributed by atoms with van der Waals surface area (Å²) in [6.45, 7) is 2.80. The van der Waals surface area contributed by atoms with E-state index in [9.17, 15) is 18.0 Å². The van der Waals surface area contributed by atoms with Crippen molar-refractivity contribution in [3.05, 3.63) is 35.1 Å². The number of anilines is 1. The molecular weight excluding hydrogens is 394 g/mol. The number of hydrogen-bond donors (Lipinski definition) is 2. The third-order valence-electron chi connectivity index (χ3n) is 3.89. The number of nitrogens with one attached hydrogen (secondary N) is 2. The molecule has 3 rings (SSSR count). The van der Waals surface area contributed by atoms with Gasteiger partial charge in [-0.15, -0.1) is 11.3 Å². The van der Waals surface area contributed by atoms with Crippen molar-refractivity contribution in [2.45, 2.75) is 11.1 Å². The summed E-state index contributed by atoms with van der Waals surface area (Å²) in [6.07, 6.45) is 1.36. The molecule has 0 aromatic carbocycles. The van der Waals surface area contributed by atoms with Crippen LogP contribution in [0.4, 0.5) is 5.69 Å². The fraction of sp³-hybridized carbons (Fsp3) is 0.375. The smallest absolute Gasteiger partial charge is 0.287 e. The van der Waals surface area contributed by atoms with Crippen molar-refractivity contribution in [3.63, 3.8) is 0 Å².